The van der Waals surface area contributed by atoms with Crippen molar-refractivity contribution in [1.29, 1.82) is 0 Å². The lowest BCUT2D eigenvalue weighted by Crippen LogP contribution is -2.44. The second-order valence-corrected chi connectivity index (χ2v) is 4.70. The molecule has 2 bridgehead atoms. The minimum atomic E-state index is -1.16. The summed E-state index contributed by atoms with van der Waals surface area (Å²) < 4.78 is 12.2. The summed E-state index contributed by atoms with van der Waals surface area (Å²) in [6.45, 7) is -0.0256. The first-order chi connectivity index (χ1) is 9.57. The number of rotatable bonds is 3. The third-order valence-corrected chi connectivity index (χ3v) is 3.53. The third-order valence-electron chi connectivity index (χ3n) is 3.53. The third kappa shape index (κ3) is 1.74. The zero-order valence-corrected chi connectivity index (χ0v) is 10.2. The van der Waals surface area contributed by atoms with Crippen LogP contribution in [0.4, 0.5) is 0 Å². The molecule has 2 saturated heterocycles. The fourth-order valence-corrected chi connectivity index (χ4v) is 2.53. The Morgan fingerprint density at radius 1 is 1.65 bits per heavy atom. The van der Waals surface area contributed by atoms with Crippen molar-refractivity contribution in [2.75, 3.05) is 13.2 Å². The molecule has 2 N–H and O–H groups in total. The van der Waals surface area contributed by atoms with Gasteiger partial charge in [-0.3, -0.25) is 14.3 Å². The van der Waals surface area contributed by atoms with E-state index in [9.17, 15) is 14.7 Å². The van der Waals surface area contributed by atoms with E-state index in [1.54, 1.807) is 0 Å². The van der Waals surface area contributed by atoms with Crippen LogP contribution in [0.5, 0.6) is 0 Å². The first-order valence-electron chi connectivity index (χ1n) is 5.87. The van der Waals surface area contributed by atoms with Gasteiger partial charge in [0, 0.05) is 17.2 Å². The molecule has 0 amide bonds. The van der Waals surface area contributed by atoms with Crippen LogP contribution in [-0.4, -0.2) is 45.6 Å². The van der Waals surface area contributed by atoms with E-state index in [4.69, 9.17) is 15.0 Å². The molecule has 20 heavy (non-hydrogen) atoms. The zero-order valence-electron chi connectivity index (χ0n) is 10.2. The number of H-pyrrole nitrogens is 1. The molecule has 3 rings (SSSR count). The summed E-state index contributed by atoms with van der Waals surface area (Å²) >= 11 is 0. The molecule has 0 aliphatic carbocycles. The van der Waals surface area contributed by atoms with Crippen molar-refractivity contribution in [2.24, 2.45) is 5.11 Å². The van der Waals surface area contributed by atoms with Gasteiger partial charge in [0.05, 0.1) is 13.2 Å². The van der Waals surface area contributed by atoms with Crippen LogP contribution in [0.15, 0.2) is 27.0 Å². The first-order valence-corrected chi connectivity index (χ1v) is 5.87. The molecular formula is C10H11N5O5. The highest BCUT2D eigenvalue weighted by Crippen LogP contribution is 2.44. The number of aliphatic hydroxyl groups excluding tert-OH is 1. The van der Waals surface area contributed by atoms with E-state index in [1.807, 2.05) is 0 Å². The Balaban J connectivity index is 1.96. The van der Waals surface area contributed by atoms with Gasteiger partial charge in [-0.05, 0) is 5.53 Å². The van der Waals surface area contributed by atoms with Crippen LogP contribution in [0.1, 0.15) is 6.23 Å². The van der Waals surface area contributed by atoms with Gasteiger partial charge in [0.1, 0.15) is 17.8 Å². The predicted molar refractivity (Wildman–Crippen MR) is 63.9 cm³/mol. The minimum Gasteiger partial charge on any atom is -0.387 e. The maximum absolute atomic E-state index is 11.7. The maximum Gasteiger partial charge on any atom is 0.330 e. The maximum atomic E-state index is 11.7. The SMILES string of the molecule is [N-]=[N+]=NC[C@@]12COC([C@H](n3ccc(=O)[nH]c3=O)O1)[C@H]2O. The molecule has 0 aromatic carbocycles. The summed E-state index contributed by atoms with van der Waals surface area (Å²) in [5, 5.41) is 13.6. The Labute approximate surface area is 111 Å². The average Bonchev–Trinajstić information content (AvgIpc) is 2.87. The normalized spacial score (nSPS) is 35.0. The van der Waals surface area contributed by atoms with Gasteiger partial charge in [-0.2, -0.15) is 0 Å². The van der Waals surface area contributed by atoms with E-state index >= 15 is 0 Å². The van der Waals surface area contributed by atoms with Crippen molar-refractivity contribution in [3.63, 3.8) is 0 Å². The summed E-state index contributed by atoms with van der Waals surface area (Å²) in [6, 6.07) is 1.17. The number of ether oxygens (including phenoxy) is 2. The predicted octanol–water partition coefficient (Wildman–Crippen LogP) is -1.13. The van der Waals surface area contributed by atoms with Crippen molar-refractivity contribution in [3.05, 3.63) is 43.5 Å². The van der Waals surface area contributed by atoms with Crippen LogP contribution in [0.25, 0.3) is 10.4 Å². The topological polar surface area (TPSA) is 142 Å². The summed E-state index contributed by atoms with van der Waals surface area (Å²) in [4.78, 5) is 27.5. The lowest BCUT2D eigenvalue weighted by Gasteiger charge is -2.29. The Hall–Kier alpha value is -2.13. The van der Waals surface area contributed by atoms with Gasteiger partial charge >= 0.3 is 5.69 Å². The van der Waals surface area contributed by atoms with E-state index in [-0.39, 0.29) is 13.2 Å². The molecule has 2 fully saturated rings. The first kappa shape index (κ1) is 12.9. The number of nitrogens with one attached hydrogen (secondary N) is 1. The minimum absolute atomic E-state index is 0.0759. The number of fused-ring (bicyclic) bond motifs is 2. The van der Waals surface area contributed by atoms with Crippen molar-refractivity contribution >= 4 is 0 Å². The summed E-state index contributed by atoms with van der Waals surface area (Å²) in [5.74, 6) is 0. The molecule has 0 saturated carbocycles. The highest BCUT2D eigenvalue weighted by molar-refractivity contribution is 5.08. The second kappa shape index (κ2) is 4.46. The standard InChI is InChI=1S/C10H11N5O5/c11-14-12-3-10-4-19-6(7(10)17)8(20-10)15-2-1-5(16)13-9(15)18/h1-2,6-8,17H,3-4H2,(H,13,16,18)/t6?,7-,8-,10+/m1/s1. The number of hydrogen-bond acceptors (Lipinski definition) is 6. The quantitative estimate of drug-likeness (QED) is 0.409. The number of azide groups is 1. The van der Waals surface area contributed by atoms with Crippen LogP contribution in [0.3, 0.4) is 0 Å². The molecule has 3 heterocycles. The molecular weight excluding hydrogens is 270 g/mol. The molecule has 0 radical (unpaired) electrons. The highest BCUT2D eigenvalue weighted by atomic mass is 16.6. The molecule has 2 aliphatic heterocycles. The van der Waals surface area contributed by atoms with Gasteiger partial charge in [-0.25, -0.2) is 4.79 Å². The smallest absolute Gasteiger partial charge is 0.330 e. The van der Waals surface area contributed by atoms with Crippen LogP contribution in [0.2, 0.25) is 0 Å². The van der Waals surface area contributed by atoms with Gasteiger partial charge in [0.25, 0.3) is 5.56 Å². The summed E-state index contributed by atoms with van der Waals surface area (Å²) in [5.41, 5.74) is 6.03. The Kier molecular flexibility index (Phi) is 2.87. The Morgan fingerprint density at radius 2 is 2.45 bits per heavy atom. The summed E-state index contributed by atoms with van der Waals surface area (Å²) in [7, 11) is 0. The van der Waals surface area contributed by atoms with E-state index < -0.39 is 35.3 Å². The van der Waals surface area contributed by atoms with Crippen molar-refractivity contribution < 1.29 is 14.6 Å². The van der Waals surface area contributed by atoms with E-state index in [0.717, 1.165) is 4.57 Å². The van der Waals surface area contributed by atoms with Crippen molar-refractivity contribution in [1.82, 2.24) is 9.55 Å². The molecule has 1 unspecified atom stereocenters. The molecule has 10 nitrogen and oxygen atoms in total. The van der Waals surface area contributed by atoms with Gasteiger partial charge in [0.15, 0.2) is 6.23 Å². The number of aliphatic hydroxyl groups is 1. The molecule has 10 heteroatoms. The largest absolute Gasteiger partial charge is 0.387 e. The van der Waals surface area contributed by atoms with E-state index in [2.05, 4.69) is 15.0 Å². The average molecular weight is 281 g/mol. The molecule has 0 spiro atoms. The Bertz CT molecular complexity index is 692. The lowest BCUT2D eigenvalue weighted by atomic mass is 10.00. The number of aromatic nitrogens is 2. The number of aromatic amines is 1. The number of nitrogens with zero attached hydrogens (tertiary/aromatic N) is 4. The lowest BCUT2D eigenvalue weighted by molar-refractivity contribution is -0.170. The molecule has 4 atom stereocenters. The zero-order chi connectivity index (χ0) is 14.3. The number of hydrogen-bond donors (Lipinski definition) is 2. The summed E-state index contributed by atoms with van der Waals surface area (Å²) in [6.07, 6.45) is -1.38. The molecule has 1 aromatic rings. The van der Waals surface area contributed by atoms with Gasteiger partial charge in [-0.15, -0.1) is 0 Å². The molecule has 2 aliphatic rings. The van der Waals surface area contributed by atoms with Gasteiger partial charge < -0.3 is 14.6 Å². The van der Waals surface area contributed by atoms with Crippen molar-refractivity contribution in [3.8, 4) is 0 Å². The molecule has 106 valence electrons. The van der Waals surface area contributed by atoms with E-state index in [1.165, 1.54) is 12.3 Å². The van der Waals surface area contributed by atoms with Gasteiger partial charge in [-0.1, -0.05) is 5.11 Å². The van der Waals surface area contributed by atoms with Crippen LogP contribution in [0, 0.1) is 0 Å². The van der Waals surface area contributed by atoms with Crippen LogP contribution >= 0.6 is 0 Å². The van der Waals surface area contributed by atoms with Gasteiger partial charge in [0.2, 0.25) is 0 Å². The van der Waals surface area contributed by atoms with Crippen molar-refractivity contribution in [2.45, 2.75) is 24.0 Å². The fraction of sp³-hybridized carbons (Fsp3) is 0.600. The highest BCUT2D eigenvalue weighted by Gasteiger charge is 2.61. The Morgan fingerprint density at radius 3 is 3.15 bits per heavy atom. The molecule has 1 aromatic heterocycles. The van der Waals surface area contributed by atoms with E-state index in [0.29, 0.717) is 0 Å². The monoisotopic (exact) mass is 281 g/mol. The van der Waals surface area contributed by atoms with Crippen LogP contribution < -0.4 is 11.2 Å². The fourth-order valence-electron chi connectivity index (χ4n) is 2.53. The second-order valence-electron chi connectivity index (χ2n) is 4.70. The van der Waals surface area contributed by atoms with Crippen LogP contribution in [-0.2, 0) is 9.47 Å².